The summed E-state index contributed by atoms with van der Waals surface area (Å²) >= 11 is 0. The van der Waals surface area contributed by atoms with E-state index in [0.29, 0.717) is 43.2 Å². The minimum absolute atomic E-state index is 0.0502. The van der Waals surface area contributed by atoms with Crippen LogP contribution in [0.1, 0.15) is 20.9 Å². The molecule has 0 spiro atoms. The SMILES string of the molecule is COc1ccc(C(=O)N2CCN(C(=O)c3cc(-c4ccccc4)no3)CC2)cc1. The van der Waals surface area contributed by atoms with Gasteiger partial charge in [0, 0.05) is 43.4 Å². The third kappa shape index (κ3) is 3.99. The van der Waals surface area contributed by atoms with Crippen molar-refractivity contribution in [2.75, 3.05) is 33.3 Å². The number of aromatic nitrogens is 1. The second-order valence-electron chi connectivity index (χ2n) is 6.76. The maximum atomic E-state index is 12.7. The first kappa shape index (κ1) is 18.7. The summed E-state index contributed by atoms with van der Waals surface area (Å²) in [6.45, 7) is 1.83. The van der Waals surface area contributed by atoms with Gasteiger partial charge in [0.15, 0.2) is 0 Å². The largest absolute Gasteiger partial charge is 0.497 e. The lowest BCUT2D eigenvalue weighted by Crippen LogP contribution is -2.50. The highest BCUT2D eigenvalue weighted by atomic mass is 16.5. The molecule has 3 aromatic rings. The molecule has 7 heteroatoms. The van der Waals surface area contributed by atoms with E-state index in [9.17, 15) is 9.59 Å². The molecule has 1 saturated heterocycles. The molecule has 1 aliphatic heterocycles. The van der Waals surface area contributed by atoms with E-state index in [2.05, 4.69) is 5.16 Å². The summed E-state index contributed by atoms with van der Waals surface area (Å²) in [5, 5.41) is 4.00. The Labute approximate surface area is 168 Å². The zero-order valence-electron chi connectivity index (χ0n) is 16.1. The number of piperazine rings is 1. The number of hydrogen-bond acceptors (Lipinski definition) is 5. The summed E-state index contributed by atoms with van der Waals surface area (Å²) in [5.41, 5.74) is 2.13. The topological polar surface area (TPSA) is 75.9 Å². The van der Waals surface area contributed by atoms with Crippen molar-refractivity contribution in [2.24, 2.45) is 0 Å². The summed E-state index contributed by atoms with van der Waals surface area (Å²) < 4.78 is 10.4. The Morgan fingerprint density at radius 3 is 2.14 bits per heavy atom. The second-order valence-corrected chi connectivity index (χ2v) is 6.76. The Hall–Kier alpha value is -3.61. The molecule has 2 amide bonds. The van der Waals surface area contributed by atoms with E-state index < -0.39 is 0 Å². The van der Waals surface area contributed by atoms with Crippen LogP contribution in [0.15, 0.2) is 65.2 Å². The van der Waals surface area contributed by atoms with E-state index in [1.807, 2.05) is 30.3 Å². The Morgan fingerprint density at radius 1 is 0.897 bits per heavy atom. The van der Waals surface area contributed by atoms with Crippen molar-refractivity contribution >= 4 is 11.8 Å². The normalized spacial score (nSPS) is 14.0. The maximum absolute atomic E-state index is 12.7. The van der Waals surface area contributed by atoms with Crippen molar-refractivity contribution in [1.29, 1.82) is 0 Å². The van der Waals surface area contributed by atoms with Crippen LogP contribution in [-0.4, -0.2) is 60.1 Å². The van der Waals surface area contributed by atoms with Gasteiger partial charge in [-0.15, -0.1) is 0 Å². The third-order valence-corrected chi connectivity index (χ3v) is 4.98. The third-order valence-electron chi connectivity index (χ3n) is 4.98. The fourth-order valence-corrected chi connectivity index (χ4v) is 3.31. The molecule has 1 aromatic heterocycles. The number of ether oxygens (including phenoxy) is 1. The maximum Gasteiger partial charge on any atom is 0.292 e. The van der Waals surface area contributed by atoms with E-state index in [-0.39, 0.29) is 17.6 Å². The molecular weight excluding hydrogens is 370 g/mol. The molecule has 2 heterocycles. The fraction of sp³-hybridized carbons (Fsp3) is 0.227. The van der Waals surface area contributed by atoms with Crippen LogP contribution in [0.25, 0.3) is 11.3 Å². The summed E-state index contributed by atoms with van der Waals surface area (Å²) in [6, 6.07) is 18.2. The van der Waals surface area contributed by atoms with Crippen molar-refractivity contribution in [1.82, 2.24) is 15.0 Å². The lowest BCUT2D eigenvalue weighted by atomic mass is 10.1. The van der Waals surface area contributed by atoms with Gasteiger partial charge in [-0.05, 0) is 24.3 Å². The first-order valence-corrected chi connectivity index (χ1v) is 9.40. The lowest BCUT2D eigenvalue weighted by Gasteiger charge is -2.34. The van der Waals surface area contributed by atoms with Crippen LogP contribution in [0, 0.1) is 0 Å². The van der Waals surface area contributed by atoms with E-state index >= 15 is 0 Å². The summed E-state index contributed by atoms with van der Waals surface area (Å²) in [4.78, 5) is 28.8. The zero-order chi connectivity index (χ0) is 20.2. The van der Waals surface area contributed by atoms with Gasteiger partial charge in [-0.25, -0.2) is 0 Å². The van der Waals surface area contributed by atoms with E-state index in [4.69, 9.17) is 9.26 Å². The van der Waals surface area contributed by atoms with Crippen molar-refractivity contribution in [2.45, 2.75) is 0 Å². The van der Waals surface area contributed by atoms with Gasteiger partial charge < -0.3 is 19.1 Å². The fourth-order valence-electron chi connectivity index (χ4n) is 3.31. The van der Waals surface area contributed by atoms with Crippen LogP contribution in [0.2, 0.25) is 0 Å². The molecule has 2 aromatic carbocycles. The second kappa shape index (κ2) is 8.18. The van der Waals surface area contributed by atoms with Crippen LogP contribution in [-0.2, 0) is 0 Å². The average Bonchev–Trinajstić information content (AvgIpc) is 3.29. The molecular formula is C22H21N3O4. The van der Waals surface area contributed by atoms with Crippen molar-refractivity contribution < 1.29 is 18.8 Å². The smallest absolute Gasteiger partial charge is 0.292 e. The number of nitrogens with zero attached hydrogens (tertiary/aromatic N) is 3. The van der Waals surface area contributed by atoms with Gasteiger partial charge in [0.05, 0.1) is 7.11 Å². The molecule has 0 N–H and O–H groups in total. The lowest BCUT2D eigenvalue weighted by molar-refractivity contribution is 0.0513. The molecule has 0 saturated carbocycles. The van der Waals surface area contributed by atoms with Crippen molar-refractivity contribution in [3.8, 4) is 17.0 Å². The molecule has 148 valence electrons. The Kier molecular flexibility index (Phi) is 5.29. The Morgan fingerprint density at radius 2 is 1.52 bits per heavy atom. The highest BCUT2D eigenvalue weighted by Gasteiger charge is 2.27. The molecule has 0 bridgehead atoms. The molecule has 0 unspecified atom stereocenters. The summed E-state index contributed by atoms with van der Waals surface area (Å²) in [5.74, 6) is 0.652. The molecule has 29 heavy (non-hydrogen) atoms. The van der Waals surface area contributed by atoms with Gasteiger partial charge in [-0.1, -0.05) is 35.5 Å². The highest BCUT2D eigenvalue weighted by molar-refractivity contribution is 5.95. The summed E-state index contributed by atoms with van der Waals surface area (Å²) in [7, 11) is 1.59. The molecule has 1 fully saturated rings. The van der Waals surface area contributed by atoms with Crippen molar-refractivity contribution in [3.63, 3.8) is 0 Å². The number of amides is 2. The minimum atomic E-state index is -0.212. The van der Waals surface area contributed by atoms with Crippen LogP contribution < -0.4 is 4.74 Å². The number of carbonyl (C=O) groups is 2. The minimum Gasteiger partial charge on any atom is -0.497 e. The molecule has 0 aliphatic carbocycles. The van der Waals surface area contributed by atoms with Crippen LogP contribution in [0.5, 0.6) is 5.75 Å². The number of methoxy groups -OCH3 is 1. The van der Waals surface area contributed by atoms with Gasteiger partial charge in [-0.2, -0.15) is 0 Å². The highest BCUT2D eigenvalue weighted by Crippen LogP contribution is 2.20. The standard InChI is InChI=1S/C22H21N3O4/c1-28-18-9-7-17(8-10-18)21(26)24-11-13-25(14-12-24)22(27)20-15-19(23-29-20)16-5-3-2-4-6-16/h2-10,15H,11-14H2,1H3. The molecule has 7 nitrogen and oxygen atoms in total. The number of hydrogen-bond donors (Lipinski definition) is 0. The van der Waals surface area contributed by atoms with Crippen LogP contribution >= 0.6 is 0 Å². The van der Waals surface area contributed by atoms with Gasteiger partial charge in [-0.3, -0.25) is 9.59 Å². The Bertz CT molecular complexity index is 990. The number of benzene rings is 2. The van der Waals surface area contributed by atoms with Gasteiger partial charge >= 0.3 is 0 Å². The van der Waals surface area contributed by atoms with Crippen LogP contribution in [0.3, 0.4) is 0 Å². The van der Waals surface area contributed by atoms with E-state index in [1.165, 1.54) is 0 Å². The van der Waals surface area contributed by atoms with Gasteiger partial charge in [0.2, 0.25) is 5.76 Å². The zero-order valence-corrected chi connectivity index (χ0v) is 16.1. The molecule has 0 radical (unpaired) electrons. The molecule has 1 aliphatic rings. The molecule has 4 rings (SSSR count). The first-order chi connectivity index (χ1) is 14.2. The predicted octanol–water partition coefficient (Wildman–Crippen LogP) is 2.95. The monoisotopic (exact) mass is 391 g/mol. The number of carbonyl (C=O) groups excluding carboxylic acids is 2. The summed E-state index contributed by atoms with van der Waals surface area (Å²) in [6.07, 6.45) is 0. The predicted molar refractivity (Wildman–Crippen MR) is 107 cm³/mol. The molecule has 0 atom stereocenters. The Balaban J connectivity index is 1.37. The first-order valence-electron chi connectivity index (χ1n) is 9.40. The van der Waals surface area contributed by atoms with Gasteiger partial charge in [0.1, 0.15) is 11.4 Å². The van der Waals surface area contributed by atoms with E-state index in [1.54, 1.807) is 47.2 Å². The van der Waals surface area contributed by atoms with Gasteiger partial charge in [0.25, 0.3) is 11.8 Å². The van der Waals surface area contributed by atoms with Crippen molar-refractivity contribution in [3.05, 3.63) is 72.0 Å². The average molecular weight is 391 g/mol. The van der Waals surface area contributed by atoms with Crippen LogP contribution in [0.4, 0.5) is 0 Å². The van der Waals surface area contributed by atoms with E-state index in [0.717, 1.165) is 5.56 Å². The quantitative estimate of drug-likeness (QED) is 0.684. The number of rotatable bonds is 4.